The van der Waals surface area contributed by atoms with Crippen molar-refractivity contribution in [3.8, 4) is 0 Å². The number of carbonyl (C=O) groups is 1. The fourth-order valence-electron chi connectivity index (χ4n) is 1.80. The number of nitrogens with zero attached hydrogens (tertiary/aromatic N) is 2. The lowest BCUT2D eigenvalue weighted by molar-refractivity contribution is 0.0455. The van der Waals surface area contributed by atoms with Crippen LogP contribution in [0.25, 0.3) is 0 Å². The highest BCUT2D eigenvalue weighted by Crippen LogP contribution is 2.01. The first-order valence-electron chi connectivity index (χ1n) is 5.94. The van der Waals surface area contributed by atoms with Crippen molar-refractivity contribution in [2.24, 2.45) is 0 Å². The number of hydrogen-bond acceptors (Lipinski definition) is 3. The average molecular weight is 233 g/mol. The summed E-state index contributed by atoms with van der Waals surface area (Å²) in [4.78, 5) is 13.9. The minimum absolute atomic E-state index is 0.243. The van der Waals surface area contributed by atoms with Gasteiger partial charge in [0.2, 0.25) is 0 Å². The van der Waals surface area contributed by atoms with Crippen LogP contribution in [-0.4, -0.2) is 50.2 Å². The van der Waals surface area contributed by atoms with Crippen LogP contribution >= 0.6 is 0 Å². The summed E-state index contributed by atoms with van der Waals surface area (Å²) in [6, 6.07) is 9.09. The third-order valence-electron chi connectivity index (χ3n) is 2.80. The molecule has 0 N–H and O–H groups in total. The van der Waals surface area contributed by atoms with E-state index >= 15 is 0 Å². The van der Waals surface area contributed by atoms with Crippen LogP contribution in [0, 0.1) is 0 Å². The molecule has 1 radical (unpaired) electrons. The van der Waals surface area contributed by atoms with E-state index in [1.165, 1.54) is 0 Å². The third-order valence-corrected chi connectivity index (χ3v) is 2.80. The molecule has 1 aliphatic heterocycles. The standard InChI is InChI=1S/C13H17N2O2/c16-13(12-4-2-1-3-5-12)17-11-10-15-8-6-14-7-9-15/h1-5H,6-11H2. The summed E-state index contributed by atoms with van der Waals surface area (Å²) in [6.07, 6.45) is 0. The summed E-state index contributed by atoms with van der Waals surface area (Å²) in [7, 11) is 0. The molecule has 17 heavy (non-hydrogen) atoms. The van der Waals surface area contributed by atoms with Gasteiger partial charge in [-0.3, -0.25) is 4.90 Å². The first kappa shape index (κ1) is 12.1. The molecule has 0 aromatic heterocycles. The molecule has 0 bridgehead atoms. The zero-order valence-corrected chi connectivity index (χ0v) is 9.84. The monoisotopic (exact) mass is 233 g/mol. The molecular formula is C13H17N2O2. The van der Waals surface area contributed by atoms with Gasteiger partial charge in [-0.2, -0.15) is 0 Å². The van der Waals surface area contributed by atoms with Crippen molar-refractivity contribution < 1.29 is 9.53 Å². The fourth-order valence-corrected chi connectivity index (χ4v) is 1.80. The summed E-state index contributed by atoms with van der Waals surface area (Å²) < 4.78 is 5.22. The SMILES string of the molecule is O=C(OCCN1CC[N]CC1)c1ccccc1. The van der Waals surface area contributed by atoms with E-state index in [2.05, 4.69) is 10.2 Å². The lowest BCUT2D eigenvalue weighted by Gasteiger charge is -2.25. The molecule has 1 fully saturated rings. The molecule has 0 aliphatic carbocycles. The van der Waals surface area contributed by atoms with Crippen molar-refractivity contribution in [1.29, 1.82) is 0 Å². The fraction of sp³-hybridized carbons (Fsp3) is 0.462. The molecule has 0 amide bonds. The van der Waals surface area contributed by atoms with E-state index in [0.29, 0.717) is 12.2 Å². The number of benzene rings is 1. The van der Waals surface area contributed by atoms with Crippen molar-refractivity contribution in [3.63, 3.8) is 0 Å². The van der Waals surface area contributed by atoms with Gasteiger partial charge in [-0.05, 0) is 12.1 Å². The highest BCUT2D eigenvalue weighted by molar-refractivity contribution is 5.89. The highest BCUT2D eigenvalue weighted by Gasteiger charge is 2.11. The number of ether oxygens (including phenoxy) is 1. The molecule has 4 heteroatoms. The Morgan fingerprint density at radius 3 is 2.65 bits per heavy atom. The van der Waals surface area contributed by atoms with Gasteiger partial charge in [-0.15, -0.1) is 0 Å². The van der Waals surface area contributed by atoms with E-state index in [1.54, 1.807) is 12.1 Å². The molecule has 1 aromatic rings. The molecule has 1 aliphatic rings. The van der Waals surface area contributed by atoms with Gasteiger partial charge in [0.05, 0.1) is 5.56 Å². The minimum Gasteiger partial charge on any atom is -0.461 e. The lowest BCUT2D eigenvalue weighted by Crippen LogP contribution is -2.41. The number of rotatable bonds is 4. The van der Waals surface area contributed by atoms with E-state index in [-0.39, 0.29) is 5.97 Å². The summed E-state index contributed by atoms with van der Waals surface area (Å²) in [5.74, 6) is -0.243. The van der Waals surface area contributed by atoms with Crippen LogP contribution in [-0.2, 0) is 4.74 Å². The second kappa shape index (κ2) is 6.37. The molecule has 0 spiro atoms. The molecule has 1 aromatic carbocycles. The molecule has 1 saturated heterocycles. The minimum atomic E-state index is -0.243. The molecular weight excluding hydrogens is 216 g/mol. The maximum Gasteiger partial charge on any atom is 0.338 e. The van der Waals surface area contributed by atoms with Crippen molar-refractivity contribution in [3.05, 3.63) is 35.9 Å². The predicted octanol–water partition coefficient (Wildman–Crippen LogP) is 0.763. The second-order valence-electron chi connectivity index (χ2n) is 4.01. The van der Waals surface area contributed by atoms with Gasteiger partial charge in [-0.25, -0.2) is 10.1 Å². The molecule has 91 valence electrons. The maximum atomic E-state index is 11.6. The topological polar surface area (TPSA) is 43.6 Å². The Labute approximate surface area is 102 Å². The van der Waals surface area contributed by atoms with Crippen LogP contribution in [0.5, 0.6) is 0 Å². The van der Waals surface area contributed by atoms with Crippen LogP contribution in [0.4, 0.5) is 0 Å². The largest absolute Gasteiger partial charge is 0.461 e. The maximum absolute atomic E-state index is 11.6. The van der Waals surface area contributed by atoms with Crippen LogP contribution in [0.2, 0.25) is 0 Å². The van der Waals surface area contributed by atoms with Crippen LogP contribution < -0.4 is 5.32 Å². The van der Waals surface area contributed by atoms with Gasteiger partial charge in [0, 0.05) is 32.7 Å². The van der Waals surface area contributed by atoms with Crippen LogP contribution in [0.3, 0.4) is 0 Å². The summed E-state index contributed by atoms with van der Waals surface area (Å²) >= 11 is 0. The van der Waals surface area contributed by atoms with Gasteiger partial charge in [-0.1, -0.05) is 18.2 Å². The lowest BCUT2D eigenvalue weighted by atomic mass is 10.2. The normalized spacial score (nSPS) is 16.7. The van der Waals surface area contributed by atoms with Gasteiger partial charge in [0.1, 0.15) is 6.61 Å². The highest BCUT2D eigenvalue weighted by atomic mass is 16.5. The molecule has 1 heterocycles. The van der Waals surface area contributed by atoms with Gasteiger partial charge in [0.25, 0.3) is 0 Å². The molecule has 0 unspecified atom stereocenters. The van der Waals surface area contributed by atoms with Crippen molar-refractivity contribution >= 4 is 5.97 Å². The molecule has 4 nitrogen and oxygen atoms in total. The summed E-state index contributed by atoms with van der Waals surface area (Å²) in [5, 5.41) is 4.27. The Hall–Kier alpha value is -1.39. The Balaban J connectivity index is 1.69. The van der Waals surface area contributed by atoms with Crippen molar-refractivity contribution in [2.45, 2.75) is 0 Å². The summed E-state index contributed by atoms with van der Waals surface area (Å²) in [5.41, 5.74) is 0.612. The van der Waals surface area contributed by atoms with Gasteiger partial charge in [0.15, 0.2) is 0 Å². The Kier molecular flexibility index (Phi) is 4.53. The van der Waals surface area contributed by atoms with E-state index in [1.807, 2.05) is 18.2 Å². The van der Waals surface area contributed by atoms with E-state index in [9.17, 15) is 4.79 Å². The molecule has 2 rings (SSSR count). The average Bonchev–Trinajstić information content (AvgIpc) is 2.41. The van der Waals surface area contributed by atoms with Gasteiger partial charge >= 0.3 is 5.97 Å². The zero-order valence-electron chi connectivity index (χ0n) is 9.84. The molecule has 0 saturated carbocycles. The predicted molar refractivity (Wildman–Crippen MR) is 65.0 cm³/mol. The first-order chi connectivity index (χ1) is 8.36. The zero-order chi connectivity index (χ0) is 11.9. The first-order valence-corrected chi connectivity index (χ1v) is 5.94. The Morgan fingerprint density at radius 1 is 1.24 bits per heavy atom. The second-order valence-corrected chi connectivity index (χ2v) is 4.01. The number of carbonyl (C=O) groups excluding carboxylic acids is 1. The molecule has 0 atom stereocenters. The van der Waals surface area contributed by atoms with Crippen LogP contribution in [0.1, 0.15) is 10.4 Å². The smallest absolute Gasteiger partial charge is 0.338 e. The number of piperazine rings is 1. The van der Waals surface area contributed by atoms with E-state index < -0.39 is 0 Å². The summed E-state index contributed by atoms with van der Waals surface area (Å²) in [6.45, 7) is 4.99. The van der Waals surface area contributed by atoms with Crippen molar-refractivity contribution in [1.82, 2.24) is 10.2 Å². The quantitative estimate of drug-likeness (QED) is 0.721. The van der Waals surface area contributed by atoms with Crippen LogP contribution in [0.15, 0.2) is 30.3 Å². The van der Waals surface area contributed by atoms with E-state index in [0.717, 1.165) is 32.7 Å². The number of esters is 1. The van der Waals surface area contributed by atoms with Gasteiger partial charge < -0.3 is 4.74 Å². The van der Waals surface area contributed by atoms with E-state index in [4.69, 9.17) is 4.74 Å². The van der Waals surface area contributed by atoms with Crippen molar-refractivity contribution in [2.75, 3.05) is 39.3 Å². The Morgan fingerprint density at radius 2 is 1.94 bits per heavy atom. The third kappa shape index (κ3) is 3.84. The Bertz CT molecular complexity index is 348. The number of hydrogen-bond donors (Lipinski definition) is 0.